The Labute approximate surface area is 96.4 Å². The Morgan fingerprint density at radius 2 is 1.35 bits per heavy atom. The van der Waals surface area contributed by atoms with Crippen LogP contribution in [0.2, 0.25) is 0 Å². The lowest BCUT2D eigenvalue weighted by Gasteiger charge is -2.40. The maximum Gasteiger partial charge on any atom is 0.446 e. The fourth-order valence-corrected chi connectivity index (χ4v) is 1.49. The van der Waals surface area contributed by atoms with Gasteiger partial charge in [-0.15, -0.1) is 0 Å². The molecule has 0 aliphatic rings. The highest BCUT2D eigenvalue weighted by molar-refractivity contribution is 5.90. The van der Waals surface area contributed by atoms with Crippen LogP contribution in [0.25, 0.3) is 0 Å². The fourth-order valence-electron chi connectivity index (χ4n) is 1.49. The summed E-state index contributed by atoms with van der Waals surface area (Å²) in [5.74, 6) is -8.82. The van der Waals surface area contributed by atoms with Gasteiger partial charge in [-0.3, -0.25) is 4.79 Å². The van der Waals surface area contributed by atoms with E-state index in [0.29, 0.717) is 0 Å². The first-order valence-corrected chi connectivity index (χ1v) is 5.04. The molecule has 3 nitrogen and oxygen atoms in total. The highest BCUT2D eigenvalue weighted by Crippen LogP contribution is 2.44. The van der Waals surface area contributed by atoms with Crippen LogP contribution in [-0.2, 0) is 4.79 Å². The van der Waals surface area contributed by atoms with Crippen LogP contribution in [0, 0.1) is 11.8 Å². The van der Waals surface area contributed by atoms with Gasteiger partial charge in [0.1, 0.15) is 0 Å². The second-order valence-electron chi connectivity index (χ2n) is 4.56. The smallest absolute Gasteiger partial charge is 0.356 e. The second-order valence-corrected chi connectivity index (χ2v) is 4.56. The standard InChI is InChI=1S/C10H16F4O3/c1-5(2)7(15)8(11,6(3)4)9(16,17)10(12,13)14/h5-6,16-17H,1-4H3. The van der Waals surface area contributed by atoms with Crippen LogP contribution in [0.4, 0.5) is 17.6 Å². The maximum atomic E-state index is 14.3. The molecule has 0 bridgehead atoms. The molecule has 1 unspecified atom stereocenters. The van der Waals surface area contributed by atoms with E-state index in [1.54, 1.807) is 0 Å². The van der Waals surface area contributed by atoms with Gasteiger partial charge in [-0.05, 0) is 0 Å². The Balaban J connectivity index is 5.76. The SMILES string of the molecule is CC(C)C(=O)C(F)(C(C)C)C(O)(O)C(F)(F)F. The minimum atomic E-state index is -5.66. The number of carbonyl (C=O) groups is 1. The predicted molar refractivity (Wildman–Crippen MR) is 51.7 cm³/mol. The molecule has 0 aromatic heterocycles. The monoisotopic (exact) mass is 260 g/mol. The summed E-state index contributed by atoms with van der Waals surface area (Å²) in [7, 11) is 0. The highest BCUT2D eigenvalue weighted by atomic mass is 19.4. The molecule has 0 aromatic rings. The zero-order valence-corrected chi connectivity index (χ0v) is 9.97. The van der Waals surface area contributed by atoms with Crippen molar-refractivity contribution in [2.75, 3.05) is 0 Å². The number of Topliss-reactive ketones (excluding diaryl/α,β-unsaturated/α-hetero) is 1. The minimum absolute atomic E-state index is 0.979. The molecular weight excluding hydrogens is 244 g/mol. The summed E-state index contributed by atoms with van der Waals surface area (Å²) in [4.78, 5) is 11.5. The molecule has 0 saturated heterocycles. The minimum Gasteiger partial charge on any atom is -0.356 e. The van der Waals surface area contributed by atoms with Crippen molar-refractivity contribution in [1.82, 2.24) is 0 Å². The molecule has 0 aromatic carbocycles. The molecular formula is C10H16F4O3. The Kier molecular flexibility index (Phi) is 4.35. The van der Waals surface area contributed by atoms with E-state index >= 15 is 0 Å². The van der Waals surface area contributed by atoms with Gasteiger partial charge in [0.05, 0.1) is 0 Å². The van der Waals surface area contributed by atoms with Crippen LogP contribution in [0.5, 0.6) is 0 Å². The third-order valence-corrected chi connectivity index (χ3v) is 2.58. The van der Waals surface area contributed by atoms with Gasteiger partial charge >= 0.3 is 12.0 Å². The molecule has 2 N–H and O–H groups in total. The lowest BCUT2D eigenvalue weighted by molar-refractivity contribution is -0.390. The lowest BCUT2D eigenvalue weighted by atomic mass is 9.76. The van der Waals surface area contributed by atoms with Crippen molar-refractivity contribution in [2.24, 2.45) is 11.8 Å². The molecule has 0 radical (unpaired) electrons. The molecule has 102 valence electrons. The first-order chi connectivity index (χ1) is 7.30. The molecule has 0 spiro atoms. The molecule has 0 aliphatic carbocycles. The van der Waals surface area contributed by atoms with Gasteiger partial charge in [-0.2, -0.15) is 13.2 Å². The summed E-state index contributed by atoms with van der Waals surface area (Å²) in [5, 5.41) is 18.0. The van der Waals surface area contributed by atoms with Crippen LogP contribution in [0.3, 0.4) is 0 Å². The van der Waals surface area contributed by atoms with Crippen LogP contribution in [0.1, 0.15) is 27.7 Å². The average molecular weight is 260 g/mol. The number of ketones is 1. The largest absolute Gasteiger partial charge is 0.446 e. The van der Waals surface area contributed by atoms with E-state index < -0.39 is 35.3 Å². The Morgan fingerprint density at radius 1 is 1.00 bits per heavy atom. The van der Waals surface area contributed by atoms with Crippen LogP contribution >= 0.6 is 0 Å². The first-order valence-electron chi connectivity index (χ1n) is 5.04. The zero-order chi connectivity index (χ0) is 14.2. The number of hydrogen-bond acceptors (Lipinski definition) is 3. The van der Waals surface area contributed by atoms with E-state index in [0.717, 1.165) is 13.8 Å². The number of aliphatic hydroxyl groups is 2. The molecule has 0 rings (SSSR count). The van der Waals surface area contributed by atoms with Gasteiger partial charge in [0.25, 0.3) is 0 Å². The van der Waals surface area contributed by atoms with Gasteiger partial charge in [0.15, 0.2) is 5.78 Å². The van der Waals surface area contributed by atoms with Gasteiger partial charge in [-0.1, -0.05) is 27.7 Å². The average Bonchev–Trinajstić information content (AvgIpc) is 2.12. The van der Waals surface area contributed by atoms with E-state index in [1.165, 1.54) is 13.8 Å². The normalized spacial score (nSPS) is 17.4. The quantitative estimate of drug-likeness (QED) is 0.598. The third-order valence-electron chi connectivity index (χ3n) is 2.58. The van der Waals surface area contributed by atoms with Gasteiger partial charge in [0, 0.05) is 11.8 Å². The van der Waals surface area contributed by atoms with E-state index in [9.17, 15) is 22.4 Å². The Hall–Kier alpha value is -0.690. The lowest BCUT2D eigenvalue weighted by Crippen LogP contribution is -2.67. The molecule has 0 amide bonds. The van der Waals surface area contributed by atoms with Crippen LogP contribution in [0.15, 0.2) is 0 Å². The molecule has 0 aliphatic heterocycles. The summed E-state index contributed by atoms with van der Waals surface area (Å²) in [6.07, 6.45) is -5.66. The van der Waals surface area contributed by atoms with Gasteiger partial charge in [0.2, 0.25) is 5.67 Å². The number of carbonyl (C=O) groups excluding carboxylic acids is 1. The number of hydrogen-bond donors (Lipinski definition) is 2. The summed E-state index contributed by atoms with van der Waals surface area (Å²) >= 11 is 0. The molecule has 0 saturated carbocycles. The van der Waals surface area contributed by atoms with Gasteiger partial charge in [-0.25, -0.2) is 4.39 Å². The van der Waals surface area contributed by atoms with E-state index in [1.807, 2.05) is 0 Å². The maximum absolute atomic E-state index is 14.3. The molecule has 17 heavy (non-hydrogen) atoms. The molecule has 7 heteroatoms. The van der Waals surface area contributed by atoms with Crippen molar-refractivity contribution in [3.05, 3.63) is 0 Å². The number of alkyl halides is 4. The predicted octanol–water partition coefficient (Wildman–Crippen LogP) is 1.82. The van der Waals surface area contributed by atoms with Crippen molar-refractivity contribution in [3.63, 3.8) is 0 Å². The van der Waals surface area contributed by atoms with Crippen LogP contribution < -0.4 is 0 Å². The van der Waals surface area contributed by atoms with Crippen molar-refractivity contribution in [1.29, 1.82) is 0 Å². The Morgan fingerprint density at radius 3 is 1.53 bits per heavy atom. The number of halogens is 4. The molecule has 0 fully saturated rings. The summed E-state index contributed by atoms with van der Waals surface area (Å²) in [6.45, 7) is 4.33. The summed E-state index contributed by atoms with van der Waals surface area (Å²) in [6, 6.07) is 0. The van der Waals surface area contributed by atoms with Crippen molar-refractivity contribution in [3.8, 4) is 0 Å². The van der Waals surface area contributed by atoms with Crippen molar-refractivity contribution < 1.29 is 32.6 Å². The zero-order valence-electron chi connectivity index (χ0n) is 9.97. The van der Waals surface area contributed by atoms with E-state index in [4.69, 9.17) is 10.2 Å². The second kappa shape index (κ2) is 4.53. The fraction of sp³-hybridized carbons (Fsp3) is 0.900. The summed E-state index contributed by atoms with van der Waals surface area (Å²) in [5.41, 5.74) is -3.79. The van der Waals surface area contributed by atoms with E-state index in [2.05, 4.69) is 0 Å². The van der Waals surface area contributed by atoms with Crippen LogP contribution in [-0.4, -0.2) is 33.6 Å². The molecule has 1 atom stereocenters. The Bertz CT molecular complexity index is 296. The van der Waals surface area contributed by atoms with Crippen molar-refractivity contribution >= 4 is 5.78 Å². The van der Waals surface area contributed by atoms with Crippen molar-refractivity contribution in [2.45, 2.75) is 45.3 Å². The highest BCUT2D eigenvalue weighted by Gasteiger charge is 2.71. The first kappa shape index (κ1) is 16.3. The summed E-state index contributed by atoms with van der Waals surface area (Å²) < 4.78 is 51.5. The van der Waals surface area contributed by atoms with E-state index in [-0.39, 0.29) is 0 Å². The molecule has 0 heterocycles. The number of rotatable bonds is 4. The topological polar surface area (TPSA) is 57.5 Å². The third kappa shape index (κ3) is 2.44. The van der Waals surface area contributed by atoms with Gasteiger partial charge < -0.3 is 10.2 Å².